The molecule has 1 heterocycles. The maximum atomic E-state index is 13.1. The van der Waals surface area contributed by atoms with Crippen LogP contribution in [0, 0.1) is 6.92 Å². The van der Waals surface area contributed by atoms with E-state index >= 15 is 0 Å². The highest BCUT2D eigenvalue weighted by Crippen LogP contribution is 2.30. The zero-order chi connectivity index (χ0) is 21.7. The van der Waals surface area contributed by atoms with Gasteiger partial charge in [0.05, 0.1) is 12.3 Å². The van der Waals surface area contributed by atoms with E-state index < -0.39 is 10.0 Å². The van der Waals surface area contributed by atoms with Gasteiger partial charge in [0, 0.05) is 20.0 Å². The molecule has 0 saturated heterocycles. The maximum Gasteiger partial charge on any atom is 0.254 e. The second-order valence-corrected chi connectivity index (χ2v) is 10.0. The topological polar surface area (TPSA) is 121 Å². The van der Waals surface area contributed by atoms with Gasteiger partial charge in [-0.2, -0.15) is 4.31 Å². The molecule has 1 aromatic rings. The van der Waals surface area contributed by atoms with Crippen LogP contribution in [0.15, 0.2) is 4.21 Å². The first kappa shape index (κ1) is 25.9. The van der Waals surface area contributed by atoms with Crippen LogP contribution in [0.25, 0.3) is 0 Å². The van der Waals surface area contributed by atoms with Crippen molar-refractivity contribution in [1.82, 2.24) is 14.9 Å². The van der Waals surface area contributed by atoms with Crippen LogP contribution in [0.2, 0.25) is 0 Å². The lowest BCUT2D eigenvalue weighted by Crippen LogP contribution is -2.35. The van der Waals surface area contributed by atoms with Crippen LogP contribution in [-0.2, 0) is 19.7 Å². The van der Waals surface area contributed by atoms with Crippen molar-refractivity contribution in [1.29, 1.82) is 0 Å². The summed E-state index contributed by atoms with van der Waals surface area (Å²) in [6.07, 6.45) is 8.91. The van der Waals surface area contributed by atoms with E-state index in [0.29, 0.717) is 12.2 Å². The van der Waals surface area contributed by atoms with Crippen molar-refractivity contribution in [2.45, 2.75) is 76.3 Å². The molecule has 0 saturated carbocycles. The second-order valence-electron chi connectivity index (χ2n) is 6.89. The summed E-state index contributed by atoms with van der Waals surface area (Å²) in [7, 11) is -3.78. The Morgan fingerprint density at radius 3 is 2.34 bits per heavy atom. The van der Waals surface area contributed by atoms with Crippen LogP contribution < -0.4 is 11.0 Å². The van der Waals surface area contributed by atoms with E-state index in [9.17, 15) is 13.2 Å². The fourth-order valence-electron chi connectivity index (χ4n) is 2.91. The van der Waals surface area contributed by atoms with Crippen LogP contribution in [0.3, 0.4) is 0 Å². The minimum Gasteiger partial charge on any atom is -0.302 e. The SMILES string of the molecule is CCCCCCCCCCN(CCONO)S(=O)(=O)c1sc(NC(C)=O)nc1C. The number of aryl methyl sites for hydroxylation is 1. The lowest BCUT2D eigenvalue weighted by molar-refractivity contribution is -0.127. The smallest absolute Gasteiger partial charge is 0.254 e. The van der Waals surface area contributed by atoms with Crippen molar-refractivity contribution in [2.75, 3.05) is 25.0 Å². The van der Waals surface area contributed by atoms with Gasteiger partial charge in [-0.15, -0.1) is 0 Å². The zero-order valence-corrected chi connectivity index (χ0v) is 19.2. The van der Waals surface area contributed by atoms with E-state index in [0.717, 1.165) is 30.6 Å². The van der Waals surface area contributed by atoms with E-state index in [-0.39, 0.29) is 28.4 Å². The molecule has 1 rings (SSSR count). The minimum atomic E-state index is -3.78. The van der Waals surface area contributed by atoms with Gasteiger partial charge in [0.2, 0.25) is 5.91 Å². The van der Waals surface area contributed by atoms with Crippen LogP contribution >= 0.6 is 11.3 Å². The molecule has 0 fully saturated rings. The molecule has 0 bridgehead atoms. The summed E-state index contributed by atoms with van der Waals surface area (Å²) in [5, 5.41) is 11.4. The lowest BCUT2D eigenvalue weighted by atomic mass is 10.1. The number of hydrogen-bond donors (Lipinski definition) is 3. The Morgan fingerprint density at radius 1 is 1.14 bits per heavy atom. The molecule has 1 aromatic heterocycles. The molecule has 0 aliphatic carbocycles. The molecule has 0 aromatic carbocycles. The molecule has 11 heteroatoms. The molecule has 1 amide bonds. The van der Waals surface area contributed by atoms with E-state index in [2.05, 4.69) is 17.2 Å². The Labute approximate surface area is 177 Å². The fourth-order valence-corrected chi connectivity index (χ4v) is 5.97. The number of aromatic nitrogens is 1. The molecule has 3 N–H and O–H groups in total. The highest BCUT2D eigenvalue weighted by atomic mass is 32.2. The second kappa shape index (κ2) is 14.0. The summed E-state index contributed by atoms with van der Waals surface area (Å²) < 4.78 is 27.7. The van der Waals surface area contributed by atoms with Crippen molar-refractivity contribution in [2.24, 2.45) is 0 Å². The Bertz CT molecular complexity index is 709. The first-order valence-corrected chi connectivity index (χ1v) is 12.3. The van der Waals surface area contributed by atoms with Gasteiger partial charge in [0.1, 0.15) is 0 Å². The number of rotatable bonds is 16. The Balaban J connectivity index is 2.71. The van der Waals surface area contributed by atoms with Crippen molar-refractivity contribution >= 4 is 32.4 Å². The first-order chi connectivity index (χ1) is 13.8. The quantitative estimate of drug-likeness (QED) is 0.260. The van der Waals surface area contributed by atoms with Crippen LogP contribution in [-0.4, -0.2) is 48.5 Å². The molecule has 9 nitrogen and oxygen atoms in total. The number of thiazole rings is 1. The van der Waals surface area contributed by atoms with Crippen LogP contribution in [0.1, 0.15) is 70.9 Å². The lowest BCUT2D eigenvalue weighted by Gasteiger charge is -2.21. The summed E-state index contributed by atoms with van der Waals surface area (Å²) >= 11 is 0.939. The summed E-state index contributed by atoms with van der Waals surface area (Å²) in [6, 6.07) is 0. The Morgan fingerprint density at radius 2 is 1.76 bits per heavy atom. The van der Waals surface area contributed by atoms with E-state index in [1.165, 1.54) is 43.3 Å². The zero-order valence-electron chi connectivity index (χ0n) is 17.6. The Hall–Kier alpha value is -1.11. The van der Waals surface area contributed by atoms with E-state index in [1.54, 1.807) is 12.6 Å². The van der Waals surface area contributed by atoms with Gasteiger partial charge in [0.25, 0.3) is 10.0 Å². The monoisotopic (exact) mass is 450 g/mol. The van der Waals surface area contributed by atoms with Gasteiger partial charge in [0.15, 0.2) is 9.34 Å². The molecule has 29 heavy (non-hydrogen) atoms. The van der Waals surface area contributed by atoms with Gasteiger partial charge < -0.3 is 5.32 Å². The summed E-state index contributed by atoms with van der Waals surface area (Å²) in [6.45, 7) is 5.60. The third kappa shape index (κ3) is 9.49. The van der Waals surface area contributed by atoms with E-state index in [4.69, 9.17) is 10.0 Å². The van der Waals surface area contributed by atoms with Crippen molar-refractivity contribution in [3.05, 3.63) is 5.69 Å². The van der Waals surface area contributed by atoms with Crippen molar-refractivity contribution in [3.63, 3.8) is 0 Å². The predicted octanol–water partition coefficient (Wildman–Crippen LogP) is 3.45. The average molecular weight is 451 g/mol. The van der Waals surface area contributed by atoms with Crippen molar-refractivity contribution in [3.8, 4) is 0 Å². The third-order valence-corrected chi connectivity index (χ3v) is 7.94. The highest BCUT2D eigenvalue weighted by Gasteiger charge is 2.29. The maximum absolute atomic E-state index is 13.1. The van der Waals surface area contributed by atoms with Gasteiger partial charge in [-0.25, -0.2) is 13.4 Å². The number of carbonyl (C=O) groups excluding carboxylic acids is 1. The molecule has 0 aliphatic heterocycles. The van der Waals surface area contributed by atoms with Gasteiger partial charge in [-0.05, 0) is 13.3 Å². The number of nitrogens with zero attached hydrogens (tertiary/aromatic N) is 2. The van der Waals surface area contributed by atoms with Gasteiger partial charge in [-0.3, -0.25) is 14.8 Å². The summed E-state index contributed by atoms with van der Waals surface area (Å²) in [5.41, 5.74) is 1.92. The number of amides is 1. The molecular formula is C18H34N4O5S2. The Kier molecular flexibility index (Phi) is 12.5. The van der Waals surface area contributed by atoms with E-state index in [1.807, 2.05) is 0 Å². The number of nitrogens with one attached hydrogen (secondary N) is 2. The number of sulfonamides is 1. The van der Waals surface area contributed by atoms with Crippen molar-refractivity contribution < 1.29 is 23.3 Å². The van der Waals surface area contributed by atoms with Crippen LogP contribution in [0.5, 0.6) is 0 Å². The number of unbranched alkanes of at least 4 members (excludes halogenated alkanes) is 7. The summed E-state index contributed by atoms with van der Waals surface area (Å²) in [4.78, 5) is 20.1. The molecule has 0 spiro atoms. The predicted molar refractivity (Wildman–Crippen MR) is 113 cm³/mol. The van der Waals surface area contributed by atoms with Gasteiger partial charge >= 0.3 is 0 Å². The third-order valence-electron chi connectivity index (χ3n) is 4.38. The molecular weight excluding hydrogens is 416 g/mol. The highest BCUT2D eigenvalue weighted by molar-refractivity contribution is 7.91. The first-order valence-electron chi connectivity index (χ1n) is 10.1. The normalized spacial score (nSPS) is 11.9. The summed E-state index contributed by atoms with van der Waals surface area (Å²) in [5.74, 6) is -0.305. The molecule has 0 aliphatic rings. The standard InChI is InChI=1S/C18H34N4O5S2/c1-4-5-6-7-8-9-10-11-12-22(13-14-27-21-24)29(25,26)17-15(2)19-18(28-17)20-16(3)23/h21,24H,4-14H2,1-3H3,(H,19,20,23). The molecule has 0 atom stereocenters. The molecule has 0 unspecified atom stereocenters. The number of carbonyl (C=O) groups is 1. The van der Waals surface area contributed by atoms with Gasteiger partial charge in [-0.1, -0.05) is 68.8 Å². The minimum absolute atomic E-state index is 0.00313. The molecule has 168 valence electrons. The molecule has 0 radical (unpaired) electrons. The fraction of sp³-hybridized carbons (Fsp3) is 0.778. The van der Waals surface area contributed by atoms with Crippen LogP contribution in [0.4, 0.5) is 5.13 Å². The largest absolute Gasteiger partial charge is 0.302 e. The number of anilines is 1. The number of hydrogen-bond acceptors (Lipinski definition) is 8. The average Bonchev–Trinajstić information content (AvgIpc) is 3.02.